The number of nitrogens with zero attached hydrogens (tertiary/aromatic N) is 2. The highest BCUT2D eigenvalue weighted by Crippen LogP contribution is 2.30. The molecule has 1 amide bonds. The predicted octanol–water partition coefficient (Wildman–Crippen LogP) is 4.40. The number of fused-ring (bicyclic) bond motifs is 1. The van der Waals surface area contributed by atoms with Gasteiger partial charge in [-0.1, -0.05) is 18.2 Å². The third-order valence-corrected chi connectivity index (χ3v) is 5.52. The van der Waals surface area contributed by atoms with Gasteiger partial charge in [0.15, 0.2) is 5.76 Å². The second kappa shape index (κ2) is 7.64. The Morgan fingerprint density at radius 1 is 1.07 bits per heavy atom. The first-order valence-electron chi connectivity index (χ1n) is 8.96. The van der Waals surface area contributed by atoms with Crippen LogP contribution >= 0.6 is 11.8 Å². The third kappa shape index (κ3) is 3.54. The lowest BCUT2D eigenvalue weighted by atomic mass is 10.1. The fraction of sp³-hybridized carbons (Fsp3) is 0.286. The number of para-hydroxylation sites is 1. The van der Waals surface area contributed by atoms with E-state index in [1.54, 1.807) is 23.9 Å². The van der Waals surface area contributed by atoms with Crippen LogP contribution in [0.25, 0.3) is 11.0 Å². The summed E-state index contributed by atoms with van der Waals surface area (Å²) in [6, 6.07) is 14.3. The number of halogens is 1. The number of carbonyl (C=O) groups is 1. The van der Waals surface area contributed by atoms with Gasteiger partial charge in [0.2, 0.25) is 0 Å². The lowest BCUT2D eigenvalue weighted by Gasteiger charge is -2.35. The minimum atomic E-state index is -0.237. The number of hydrogen-bond donors (Lipinski definition) is 0. The molecule has 1 aromatic heterocycles. The Balaban J connectivity index is 1.52. The van der Waals surface area contributed by atoms with Crippen LogP contribution in [0, 0.1) is 5.82 Å². The number of amides is 1. The molecule has 0 N–H and O–H groups in total. The summed E-state index contributed by atoms with van der Waals surface area (Å²) in [7, 11) is 0. The first-order chi connectivity index (χ1) is 13.2. The van der Waals surface area contributed by atoms with E-state index in [-0.39, 0.29) is 11.7 Å². The Kier molecular flexibility index (Phi) is 5.07. The van der Waals surface area contributed by atoms with Gasteiger partial charge in [-0.15, -0.1) is 0 Å². The quantitative estimate of drug-likeness (QED) is 0.668. The van der Waals surface area contributed by atoms with Crippen molar-refractivity contribution in [3.05, 3.63) is 65.7 Å². The fourth-order valence-corrected chi connectivity index (χ4v) is 4.10. The molecule has 2 heterocycles. The summed E-state index contributed by atoms with van der Waals surface area (Å²) in [6.45, 7) is 2.67. The van der Waals surface area contributed by atoms with Crippen molar-refractivity contribution in [1.82, 2.24) is 4.90 Å². The van der Waals surface area contributed by atoms with Crippen molar-refractivity contribution in [1.29, 1.82) is 0 Å². The van der Waals surface area contributed by atoms with E-state index in [1.165, 1.54) is 12.1 Å². The normalized spacial score (nSPS) is 14.7. The number of benzene rings is 2. The van der Waals surface area contributed by atoms with E-state index in [4.69, 9.17) is 4.42 Å². The van der Waals surface area contributed by atoms with Gasteiger partial charge in [0.05, 0.1) is 0 Å². The topological polar surface area (TPSA) is 36.7 Å². The van der Waals surface area contributed by atoms with Crippen LogP contribution in [0.2, 0.25) is 0 Å². The molecule has 0 aliphatic carbocycles. The molecular weight excluding hydrogens is 363 g/mol. The number of furan rings is 1. The van der Waals surface area contributed by atoms with Crippen molar-refractivity contribution >= 4 is 34.3 Å². The lowest BCUT2D eigenvalue weighted by Crippen LogP contribution is -2.48. The monoisotopic (exact) mass is 384 g/mol. The summed E-state index contributed by atoms with van der Waals surface area (Å²) in [5.74, 6) is 0.918. The standard InChI is InChI=1S/C21H21FN2O2S/c1-27-14-18-17-4-2-3-5-19(17)26-20(18)21(25)24-12-10-23(11-13-24)16-8-6-15(22)7-9-16/h2-9H,10-14H2,1H3. The molecule has 0 unspecified atom stereocenters. The molecule has 4 nitrogen and oxygen atoms in total. The zero-order chi connectivity index (χ0) is 18.8. The second-order valence-corrected chi connectivity index (χ2v) is 7.46. The van der Waals surface area contributed by atoms with E-state index in [0.717, 1.165) is 41.1 Å². The maximum Gasteiger partial charge on any atom is 0.290 e. The Bertz CT molecular complexity index is 946. The van der Waals surface area contributed by atoms with Gasteiger partial charge >= 0.3 is 0 Å². The van der Waals surface area contributed by atoms with E-state index in [9.17, 15) is 9.18 Å². The molecule has 3 aromatic rings. The van der Waals surface area contributed by atoms with Crippen molar-refractivity contribution in [3.63, 3.8) is 0 Å². The smallest absolute Gasteiger partial charge is 0.290 e. The molecule has 6 heteroatoms. The summed E-state index contributed by atoms with van der Waals surface area (Å²) in [5, 5.41) is 1.01. The number of anilines is 1. The summed E-state index contributed by atoms with van der Waals surface area (Å²) >= 11 is 1.68. The number of rotatable bonds is 4. The highest BCUT2D eigenvalue weighted by Gasteiger charge is 2.27. The highest BCUT2D eigenvalue weighted by atomic mass is 32.2. The maximum atomic E-state index is 13.1. The summed E-state index contributed by atoms with van der Waals surface area (Å²) < 4.78 is 19.0. The second-order valence-electron chi connectivity index (χ2n) is 6.59. The summed E-state index contributed by atoms with van der Waals surface area (Å²) in [5.41, 5.74) is 2.72. The summed E-state index contributed by atoms with van der Waals surface area (Å²) in [6.07, 6.45) is 2.03. The number of hydrogen-bond acceptors (Lipinski definition) is 4. The highest BCUT2D eigenvalue weighted by molar-refractivity contribution is 7.97. The van der Waals surface area contributed by atoms with Crippen molar-refractivity contribution in [2.75, 3.05) is 37.3 Å². The van der Waals surface area contributed by atoms with Gasteiger partial charge < -0.3 is 14.2 Å². The van der Waals surface area contributed by atoms with Crippen LogP contribution in [-0.2, 0) is 5.75 Å². The van der Waals surface area contributed by atoms with Crippen molar-refractivity contribution < 1.29 is 13.6 Å². The molecule has 140 valence electrons. The largest absolute Gasteiger partial charge is 0.451 e. The number of thioether (sulfide) groups is 1. The minimum Gasteiger partial charge on any atom is -0.451 e. The summed E-state index contributed by atoms with van der Waals surface area (Å²) in [4.78, 5) is 17.1. The van der Waals surface area contributed by atoms with Crippen LogP contribution in [0.1, 0.15) is 16.1 Å². The third-order valence-electron chi connectivity index (χ3n) is 4.94. The van der Waals surface area contributed by atoms with Crippen molar-refractivity contribution in [2.45, 2.75) is 5.75 Å². The van der Waals surface area contributed by atoms with Gasteiger partial charge in [0.25, 0.3) is 5.91 Å². The molecule has 1 aliphatic heterocycles. The molecule has 1 aliphatic rings. The Labute approximate surface area is 161 Å². The van der Waals surface area contributed by atoms with Crippen LogP contribution in [0.3, 0.4) is 0 Å². The zero-order valence-corrected chi connectivity index (χ0v) is 16.0. The molecule has 27 heavy (non-hydrogen) atoms. The molecule has 2 aromatic carbocycles. The van der Waals surface area contributed by atoms with E-state index >= 15 is 0 Å². The van der Waals surface area contributed by atoms with E-state index in [1.807, 2.05) is 35.4 Å². The molecule has 1 saturated heterocycles. The van der Waals surface area contributed by atoms with Crippen LogP contribution in [0.15, 0.2) is 52.9 Å². The molecule has 1 fully saturated rings. The lowest BCUT2D eigenvalue weighted by molar-refractivity contribution is 0.0716. The van der Waals surface area contributed by atoms with Gasteiger partial charge in [-0.05, 0) is 36.6 Å². The van der Waals surface area contributed by atoms with Gasteiger partial charge in [-0.25, -0.2) is 4.39 Å². The molecule has 0 atom stereocenters. The van der Waals surface area contributed by atoms with Gasteiger partial charge in [-0.3, -0.25) is 4.79 Å². The van der Waals surface area contributed by atoms with Crippen LogP contribution < -0.4 is 4.90 Å². The average molecular weight is 384 g/mol. The number of piperazine rings is 1. The molecule has 0 radical (unpaired) electrons. The molecular formula is C21H21FN2O2S. The van der Waals surface area contributed by atoms with Gasteiger partial charge in [0.1, 0.15) is 11.4 Å². The zero-order valence-electron chi connectivity index (χ0n) is 15.2. The maximum absolute atomic E-state index is 13.1. The van der Waals surface area contributed by atoms with Crippen molar-refractivity contribution in [2.24, 2.45) is 0 Å². The van der Waals surface area contributed by atoms with Crippen LogP contribution in [0.4, 0.5) is 10.1 Å². The molecule has 0 spiro atoms. The Morgan fingerprint density at radius 2 is 1.78 bits per heavy atom. The first kappa shape index (κ1) is 17.9. The fourth-order valence-electron chi connectivity index (χ4n) is 3.52. The average Bonchev–Trinajstić information content (AvgIpc) is 3.07. The molecule has 4 rings (SSSR count). The molecule has 0 saturated carbocycles. The van der Waals surface area contributed by atoms with E-state index in [2.05, 4.69) is 4.90 Å². The van der Waals surface area contributed by atoms with Gasteiger partial charge in [0, 0.05) is 48.6 Å². The first-order valence-corrected chi connectivity index (χ1v) is 10.4. The predicted molar refractivity (Wildman–Crippen MR) is 108 cm³/mol. The Morgan fingerprint density at radius 3 is 2.48 bits per heavy atom. The number of carbonyl (C=O) groups excluding carboxylic acids is 1. The van der Waals surface area contributed by atoms with E-state index in [0.29, 0.717) is 18.8 Å². The molecule has 0 bridgehead atoms. The Hall–Kier alpha value is -2.47. The minimum absolute atomic E-state index is 0.0472. The van der Waals surface area contributed by atoms with Crippen LogP contribution in [-0.4, -0.2) is 43.2 Å². The van der Waals surface area contributed by atoms with E-state index < -0.39 is 0 Å². The SMILES string of the molecule is CSCc1c(C(=O)N2CCN(c3ccc(F)cc3)CC2)oc2ccccc12. The van der Waals surface area contributed by atoms with Crippen LogP contribution in [0.5, 0.6) is 0 Å². The van der Waals surface area contributed by atoms with Gasteiger partial charge in [-0.2, -0.15) is 11.8 Å². The van der Waals surface area contributed by atoms with Crippen molar-refractivity contribution in [3.8, 4) is 0 Å².